The fraction of sp³-hybridized carbons (Fsp3) is 0.250. The topological polar surface area (TPSA) is 59.3 Å². The van der Waals surface area contributed by atoms with Crippen molar-refractivity contribution in [1.29, 1.82) is 0 Å². The van der Waals surface area contributed by atoms with Crippen molar-refractivity contribution < 1.29 is 14.3 Å². The molecule has 0 saturated heterocycles. The summed E-state index contributed by atoms with van der Waals surface area (Å²) in [4.78, 5) is 23.6. The lowest BCUT2D eigenvalue weighted by molar-refractivity contribution is 0.0694. The van der Waals surface area contributed by atoms with Crippen molar-refractivity contribution in [1.82, 2.24) is 4.57 Å². The maximum Gasteiger partial charge on any atom is 0.341 e. The van der Waals surface area contributed by atoms with Gasteiger partial charge in [-0.2, -0.15) is 0 Å². The number of carbonyl (C=O) groups is 1. The van der Waals surface area contributed by atoms with Crippen LogP contribution in [-0.2, 0) is 5.54 Å². The second-order valence-corrected chi connectivity index (χ2v) is 5.80. The van der Waals surface area contributed by atoms with Gasteiger partial charge in [0, 0.05) is 23.5 Å². The molecule has 2 rings (SSSR count). The summed E-state index contributed by atoms with van der Waals surface area (Å²) >= 11 is 0. The highest BCUT2D eigenvalue weighted by atomic mass is 19.1. The molecule has 0 saturated carbocycles. The molecule has 0 atom stereocenters. The lowest BCUT2D eigenvalue weighted by Gasteiger charge is -2.24. The maximum atomic E-state index is 13.0. The number of benzene rings is 1. The molecule has 1 aromatic carbocycles. The first-order valence-corrected chi connectivity index (χ1v) is 6.46. The molecule has 0 spiro atoms. The first kappa shape index (κ1) is 15.0. The van der Waals surface area contributed by atoms with E-state index in [1.165, 1.54) is 30.5 Å². The molecule has 0 bridgehead atoms. The van der Waals surface area contributed by atoms with Crippen molar-refractivity contribution >= 4 is 5.97 Å². The second-order valence-electron chi connectivity index (χ2n) is 5.80. The maximum absolute atomic E-state index is 13.0. The van der Waals surface area contributed by atoms with E-state index >= 15 is 0 Å². The van der Waals surface area contributed by atoms with Gasteiger partial charge in [-0.3, -0.25) is 4.79 Å². The van der Waals surface area contributed by atoms with E-state index in [0.717, 1.165) is 0 Å². The van der Waals surface area contributed by atoms with Gasteiger partial charge in [0.05, 0.1) is 0 Å². The number of carboxylic acids is 1. The summed E-state index contributed by atoms with van der Waals surface area (Å²) in [5.41, 5.74) is -0.527. The number of hydrogen-bond donors (Lipinski definition) is 1. The molecular weight excluding hydrogens is 273 g/mol. The Kier molecular flexibility index (Phi) is 3.68. The van der Waals surface area contributed by atoms with Gasteiger partial charge in [0.15, 0.2) is 0 Å². The number of nitrogens with zero attached hydrogens (tertiary/aromatic N) is 1. The number of aromatic nitrogens is 1. The van der Waals surface area contributed by atoms with Crippen molar-refractivity contribution in [3.63, 3.8) is 0 Å². The molecule has 0 radical (unpaired) electrons. The normalized spacial score (nSPS) is 11.4. The van der Waals surface area contributed by atoms with Gasteiger partial charge < -0.3 is 9.67 Å². The molecule has 0 aliphatic carbocycles. The molecule has 0 aliphatic heterocycles. The number of rotatable bonds is 2. The molecule has 0 aliphatic rings. The van der Waals surface area contributed by atoms with Crippen LogP contribution >= 0.6 is 0 Å². The largest absolute Gasteiger partial charge is 0.477 e. The Bertz CT molecular complexity index is 740. The van der Waals surface area contributed by atoms with Gasteiger partial charge >= 0.3 is 5.97 Å². The Labute approximate surface area is 121 Å². The number of carboxylic acid groups (broad SMARTS) is 1. The molecule has 21 heavy (non-hydrogen) atoms. The van der Waals surface area contributed by atoms with Crippen molar-refractivity contribution in [2.24, 2.45) is 0 Å². The zero-order valence-electron chi connectivity index (χ0n) is 12.1. The van der Waals surface area contributed by atoms with Crippen LogP contribution in [0.2, 0.25) is 0 Å². The van der Waals surface area contributed by atoms with Crippen LogP contribution in [0.15, 0.2) is 41.5 Å². The van der Waals surface area contributed by atoms with Gasteiger partial charge in [-0.15, -0.1) is 0 Å². The molecule has 1 aromatic heterocycles. The Hall–Kier alpha value is -2.43. The summed E-state index contributed by atoms with van der Waals surface area (Å²) in [6.45, 7) is 5.70. The van der Waals surface area contributed by atoms with Gasteiger partial charge in [-0.1, -0.05) is 12.1 Å². The Morgan fingerprint density at radius 1 is 1.14 bits per heavy atom. The fourth-order valence-corrected chi connectivity index (χ4v) is 1.95. The Balaban J connectivity index is 2.75. The average Bonchev–Trinajstić information content (AvgIpc) is 2.38. The highest BCUT2D eigenvalue weighted by molar-refractivity contribution is 5.88. The van der Waals surface area contributed by atoms with Crippen LogP contribution in [0, 0.1) is 5.82 Å². The predicted molar refractivity (Wildman–Crippen MR) is 78.1 cm³/mol. The van der Waals surface area contributed by atoms with E-state index in [-0.39, 0.29) is 16.7 Å². The van der Waals surface area contributed by atoms with E-state index in [2.05, 4.69) is 0 Å². The van der Waals surface area contributed by atoms with E-state index in [0.29, 0.717) is 5.56 Å². The van der Waals surface area contributed by atoms with E-state index in [4.69, 9.17) is 0 Å². The number of hydrogen-bond acceptors (Lipinski definition) is 2. The number of halogens is 1. The minimum Gasteiger partial charge on any atom is -0.477 e. The minimum atomic E-state index is -1.28. The molecule has 110 valence electrons. The van der Waals surface area contributed by atoms with Crippen LogP contribution in [0.1, 0.15) is 31.1 Å². The third-order valence-corrected chi connectivity index (χ3v) is 3.19. The molecule has 1 N–H and O–H groups in total. The molecule has 1 heterocycles. The lowest BCUT2D eigenvalue weighted by atomic mass is 10.0. The molecule has 0 fully saturated rings. The third-order valence-electron chi connectivity index (χ3n) is 3.19. The van der Waals surface area contributed by atoms with Crippen molar-refractivity contribution in [3.8, 4) is 11.1 Å². The first-order valence-electron chi connectivity index (χ1n) is 6.46. The standard InChI is InChI=1S/C16H16FNO3/c1-16(2,3)18-8-12(10-4-6-11(17)7-5-10)14(19)13(9-18)15(20)21/h4-9H,1-3H3,(H,20,21). The summed E-state index contributed by atoms with van der Waals surface area (Å²) in [6.07, 6.45) is 2.93. The van der Waals surface area contributed by atoms with Crippen LogP contribution in [0.25, 0.3) is 11.1 Å². The number of pyridine rings is 1. The quantitative estimate of drug-likeness (QED) is 0.924. The van der Waals surface area contributed by atoms with Gasteiger partial charge in [0.2, 0.25) is 5.43 Å². The van der Waals surface area contributed by atoms with E-state index in [1.807, 2.05) is 20.8 Å². The smallest absolute Gasteiger partial charge is 0.341 e. The average molecular weight is 289 g/mol. The summed E-state index contributed by atoms with van der Waals surface area (Å²) < 4.78 is 14.7. The van der Waals surface area contributed by atoms with Crippen LogP contribution in [0.3, 0.4) is 0 Å². The molecule has 2 aromatic rings. The summed E-state index contributed by atoms with van der Waals surface area (Å²) in [7, 11) is 0. The highest BCUT2D eigenvalue weighted by Crippen LogP contribution is 2.21. The van der Waals surface area contributed by atoms with Gasteiger partial charge in [0.25, 0.3) is 0 Å². The Morgan fingerprint density at radius 2 is 1.71 bits per heavy atom. The molecule has 0 unspecified atom stereocenters. The summed E-state index contributed by atoms with van der Waals surface area (Å²) in [5.74, 6) is -1.69. The SMILES string of the molecule is CC(C)(C)n1cc(C(=O)O)c(=O)c(-c2ccc(F)cc2)c1. The van der Waals surface area contributed by atoms with Crippen LogP contribution in [0.5, 0.6) is 0 Å². The zero-order valence-corrected chi connectivity index (χ0v) is 12.1. The van der Waals surface area contributed by atoms with Gasteiger partial charge in [-0.05, 0) is 38.5 Å². The zero-order chi connectivity index (χ0) is 15.8. The second kappa shape index (κ2) is 5.16. The van der Waals surface area contributed by atoms with Gasteiger partial charge in [-0.25, -0.2) is 9.18 Å². The molecule has 5 heteroatoms. The van der Waals surface area contributed by atoms with Crippen molar-refractivity contribution in [2.75, 3.05) is 0 Å². The van der Waals surface area contributed by atoms with Crippen LogP contribution in [-0.4, -0.2) is 15.6 Å². The van der Waals surface area contributed by atoms with Crippen LogP contribution < -0.4 is 5.43 Å². The van der Waals surface area contributed by atoms with Crippen molar-refractivity contribution in [3.05, 3.63) is 58.3 Å². The van der Waals surface area contributed by atoms with Crippen molar-refractivity contribution in [2.45, 2.75) is 26.3 Å². The molecule has 4 nitrogen and oxygen atoms in total. The molecular formula is C16H16FNO3. The van der Waals surface area contributed by atoms with Crippen LogP contribution in [0.4, 0.5) is 4.39 Å². The lowest BCUT2D eigenvalue weighted by Crippen LogP contribution is -2.27. The van der Waals surface area contributed by atoms with Gasteiger partial charge in [0.1, 0.15) is 11.4 Å². The fourth-order valence-electron chi connectivity index (χ4n) is 1.95. The Morgan fingerprint density at radius 3 is 2.19 bits per heavy atom. The first-order chi connectivity index (χ1) is 9.70. The van der Waals surface area contributed by atoms with E-state index < -0.39 is 17.2 Å². The predicted octanol–water partition coefficient (Wildman–Crippen LogP) is 3.11. The summed E-state index contributed by atoms with van der Waals surface area (Å²) in [6, 6.07) is 5.41. The minimum absolute atomic E-state index is 0.241. The van der Waals surface area contributed by atoms with E-state index in [1.54, 1.807) is 10.8 Å². The highest BCUT2D eigenvalue weighted by Gasteiger charge is 2.19. The van der Waals surface area contributed by atoms with E-state index in [9.17, 15) is 19.1 Å². The number of aromatic carboxylic acids is 1. The monoisotopic (exact) mass is 289 g/mol. The molecule has 0 amide bonds. The summed E-state index contributed by atoms with van der Waals surface area (Å²) in [5, 5.41) is 9.20. The third kappa shape index (κ3) is 3.02.